The maximum absolute atomic E-state index is 13.6. The quantitative estimate of drug-likeness (QED) is 0.355. The summed E-state index contributed by atoms with van der Waals surface area (Å²) in [7, 11) is -2.33. The number of ether oxygens (including phenoxy) is 2. The monoisotopic (exact) mass is 627 g/mol. The predicted molar refractivity (Wildman–Crippen MR) is 152 cm³/mol. The first kappa shape index (κ1) is 30.0. The Hall–Kier alpha value is -3.49. The van der Waals surface area contributed by atoms with Gasteiger partial charge in [0.2, 0.25) is 15.8 Å². The minimum atomic E-state index is -4.47. The summed E-state index contributed by atoms with van der Waals surface area (Å²) in [6.45, 7) is -0.286. The first-order chi connectivity index (χ1) is 19.8. The summed E-state index contributed by atoms with van der Waals surface area (Å²) in [6.07, 6.45) is -3.31. The summed E-state index contributed by atoms with van der Waals surface area (Å²) in [5.41, 5.74) is 4.45. The number of nitrogen functional groups attached to an aromatic ring is 1. The number of anilines is 2. The van der Waals surface area contributed by atoms with Gasteiger partial charge in [0.15, 0.2) is 0 Å². The minimum Gasteiger partial charge on any atom is -0.495 e. The molecule has 3 aromatic rings. The molecule has 42 heavy (non-hydrogen) atoms. The molecule has 1 aliphatic carbocycles. The van der Waals surface area contributed by atoms with E-state index in [1.807, 2.05) is 0 Å². The summed E-state index contributed by atoms with van der Waals surface area (Å²) in [5, 5.41) is 4.57. The van der Waals surface area contributed by atoms with Gasteiger partial charge in [0, 0.05) is 31.2 Å². The zero-order valence-electron chi connectivity index (χ0n) is 22.6. The molecule has 226 valence electrons. The average Bonchev–Trinajstić information content (AvgIpc) is 3.75. The van der Waals surface area contributed by atoms with Crippen molar-refractivity contribution in [2.24, 2.45) is 5.41 Å². The van der Waals surface area contributed by atoms with Crippen LogP contribution >= 0.6 is 11.6 Å². The van der Waals surface area contributed by atoms with E-state index in [0.29, 0.717) is 22.0 Å². The number of hydrogen-bond acceptors (Lipinski definition) is 8. The Kier molecular flexibility index (Phi) is 8.07. The predicted octanol–water partition coefficient (Wildman–Crippen LogP) is 3.85. The van der Waals surface area contributed by atoms with Crippen LogP contribution in [0.2, 0.25) is 5.02 Å². The van der Waals surface area contributed by atoms with E-state index in [4.69, 9.17) is 26.8 Å². The number of aromatic nitrogens is 2. The minimum absolute atomic E-state index is 0.0650. The van der Waals surface area contributed by atoms with E-state index >= 15 is 0 Å². The van der Waals surface area contributed by atoms with Crippen LogP contribution in [0.25, 0.3) is 5.69 Å². The highest BCUT2D eigenvalue weighted by Crippen LogP contribution is 2.57. The molecule has 2 aromatic carbocycles. The van der Waals surface area contributed by atoms with Crippen LogP contribution < -0.4 is 25.7 Å². The largest absolute Gasteiger partial charge is 0.495 e. The number of halogens is 4. The fourth-order valence-electron chi connectivity index (χ4n) is 4.84. The zero-order chi connectivity index (χ0) is 30.3. The van der Waals surface area contributed by atoms with Crippen molar-refractivity contribution >= 4 is 33.0 Å². The van der Waals surface area contributed by atoms with Crippen molar-refractivity contribution < 1.29 is 31.1 Å². The van der Waals surface area contributed by atoms with Gasteiger partial charge in [-0.3, -0.25) is 4.79 Å². The average molecular weight is 628 g/mol. The van der Waals surface area contributed by atoms with Gasteiger partial charge in [-0.05, 0) is 42.7 Å². The van der Waals surface area contributed by atoms with E-state index in [1.54, 1.807) is 41.3 Å². The molecule has 2 N–H and O–H groups in total. The second kappa shape index (κ2) is 11.3. The second-order valence-electron chi connectivity index (χ2n) is 10.3. The smallest absolute Gasteiger partial charge is 0.397 e. The molecule has 2 aliphatic rings. The van der Waals surface area contributed by atoms with Crippen LogP contribution in [0.5, 0.6) is 11.5 Å². The number of benzene rings is 2. The van der Waals surface area contributed by atoms with Crippen molar-refractivity contribution in [1.82, 2.24) is 14.1 Å². The lowest BCUT2D eigenvalue weighted by molar-refractivity contribution is -0.194. The van der Waals surface area contributed by atoms with Gasteiger partial charge in [0.1, 0.15) is 23.5 Å². The number of alkyl halides is 3. The number of para-hydroxylation sites is 1. The first-order valence-corrected chi connectivity index (χ1v) is 15.1. The highest BCUT2D eigenvalue weighted by molar-refractivity contribution is 7.88. The van der Waals surface area contributed by atoms with Crippen molar-refractivity contribution in [2.75, 3.05) is 50.5 Å². The van der Waals surface area contributed by atoms with Crippen LogP contribution in [0.15, 0.2) is 53.5 Å². The summed E-state index contributed by atoms with van der Waals surface area (Å²) >= 11 is 6.07. The molecule has 10 nitrogen and oxygen atoms in total. The third kappa shape index (κ3) is 5.88. The normalized spacial score (nSPS) is 17.2. The van der Waals surface area contributed by atoms with Crippen LogP contribution in [0.3, 0.4) is 0 Å². The topological polar surface area (TPSA) is 120 Å². The molecule has 5 rings (SSSR count). The van der Waals surface area contributed by atoms with Crippen LogP contribution in [0.4, 0.5) is 24.5 Å². The number of rotatable bonds is 9. The number of methoxy groups -OCH3 is 1. The fourth-order valence-corrected chi connectivity index (χ4v) is 6.57. The van der Waals surface area contributed by atoms with Gasteiger partial charge in [0.25, 0.3) is 0 Å². The number of nitrogens with two attached hydrogens (primary N) is 1. The Bertz CT molecular complexity index is 1640. The molecule has 0 radical (unpaired) electrons. The molecular weight excluding hydrogens is 599 g/mol. The van der Waals surface area contributed by atoms with E-state index in [1.165, 1.54) is 23.7 Å². The molecule has 0 amide bonds. The van der Waals surface area contributed by atoms with Crippen molar-refractivity contribution in [3.63, 3.8) is 0 Å². The van der Waals surface area contributed by atoms with E-state index in [2.05, 4.69) is 5.10 Å². The third-order valence-corrected chi connectivity index (χ3v) is 9.66. The van der Waals surface area contributed by atoms with Gasteiger partial charge in [-0.2, -0.15) is 27.3 Å². The number of sulfonamides is 1. The van der Waals surface area contributed by atoms with Gasteiger partial charge >= 0.3 is 11.7 Å². The lowest BCUT2D eigenvalue weighted by Gasteiger charge is -2.36. The molecular formula is C27H29ClF3N5O5S. The molecule has 0 bridgehead atoms. The van der Waals surface area contributed by atoms with Gasteiger partial charge < -0.3 is 20.1 Å². The first-order valence-electron chi connectivity index (χ1n) is 13.1. The highest BCUT2D eigenvalue weighted by atomic mass is 35.5. The summed E-state index contributed by atoms with van der Waals surface area (Å²) in [5.74, 6) is -0.249. The van der Waals surface area contributed by atoms with E-state index in [-0.39, 0.29) is 61.9 Å². The van der Waals surface area contributed by atoms with Crippen molar-refractivity contribution in [3.8, 4) is 17.2 Å². The van der Waals surface area contributed by atoms with Crippen LogP contribution in [0, 0.1) is 5.41 Å². The summed E-state index contributed by atoms with van der Waals surface area (Å²) in [6, 6.07) is 11.2. The SMILES string of the molecule is COc1cccc(CS(=O)(=O)N2CCN(c3cnn(-c4cccc(Cl)c4)c(=O)c3OCC3(C(F)(F)F)CC3)CC2)c1N. The maximum atomic E-state index is 13.6. The van der Waals surface area contributed by atoms with Crippen molar-refractivity contribution in [1.29, 1.82) is 0 Å². The van der Waals surface area contributed by atoms with Crippen LogP contribution in [0.1, 0.15) is 18.4 Å². The molecule has 1 saturated heterocycles. The third-order valence-electron chi connectivity index (χ3n) is 7.60. The Morgan fingerprint density at radius 1 is 1.10 bits per heavy atom. The van der Waals surface area contributed by atoms with Gasteiger partial charge in [-0.15, -0.1) is 0 Å². The molecule has 0 atom stereocenters. The van der Waals surface area contributed by atoms with Crippen molar-refractivity contribution in [2.45, 2.75) is 24.8 Å². The Balaban J connectivity index is 1.39. The molecule has 2 heterocycles. The molecule has 2 fully saturated rings. The maximum Gasteiger partial charge on any atom is 0.397 e. The molecule has 15 heteroatoms. The van der Waals surface area contributed by atoms with E-state index < -0.39 is 33.8 Å². The summed E-state index contributed by atoms with van der Waals surface area (Å²) in [4.78, 5) is 15.2. The Morgan fingerprint density at radius 2 is 1.79 bits per heavy atom. The van der Waals surface area contributed by atoms with Gasteiger partial charge in [-0.25, -0.2) is 8.42 Å². The lowest BCUT2D eigenvalue weighted by atomic mass is 10.1. The molecule has 1 aromatic heterocycles. The second-order valence-corrected chi connectivity index (χ2v) is 12.7. The molecule has 0 spiro atoms. The van der Waals surface area contributed by atoms with Crippen molar-refractivity contribution in [3.05, 3.63) is 69.6 Å². The number of nitrogens with zero attached hydrogens (tertiary/aromatic N) is 4. The summed E-state index contributed by atoms with van der Waals surface area (Å²) < 4.78 is 80.5. The van der Waals surface area contributed by atoms with E-state index in [9.17, 15) is 26.4 Å². The van der Waals surface area contributed by atoms with Gasteiger partial charge in [-0.1, -0.05) is 29.8 Å². The lowest BCUT2D eigenvalue weighted by Crippen LogP contribution is -2.49. The highest BCUT2D eigenvalue weighted by Gasteiger charge is 2.64. The Morgan fingerprint density at radius 3 is 2.40 bits per heavy atom. The molecule has 1 saturated carbocycles. The zero-order valence-corrected chi connectivity index (χ0v) is 24.2. The molecule has 1 aliphatic heterocycles. The number of piperazine rings is 1. The Labute approximate surface area is 245 Å². The van der Waals surface area contributed by atoms with Crippen LogP contribution in [-0.2, 0) is 15.8 Å². The van der Waals surface area contributed by atoms with E-state index in [0.717, 1.165) is 4.68 Å². The number of hydrogen-bond donors (Lipinski definition) is 1. The van der Waals surface area contributed by atoms with Gasteiger partial charge in [0.05, 0.1) is 30.4 Å². The van der Waals surface area contributed by atoms with Crippen LogP contribution in [-0.4, -0.2) is 68.6 Å². The fraction of sp³-hybridized carbons (Fsp3) is 0.407. The standard InChI is InChI=1S/C27H29ClF3N5O5S/c1-40-22-7-2-4-18(23(22)32)16-42(38,39)35-12-10-34(11-13-35)21-15-33-36(20-6-3-5-19(28)14-20)25(37)24(21)41-17-26(8-9-26)27(29,30)31/h2-7,14-15H,8-13,16-17,32H2,1H3. The molecule has 0 unspecified atom stereocenters.